The molecule has 0 aliphatic carbocycles. The second kappa shape index (κ2) is 10.3. The Morgan fingerprint density at radius 3 is 2.70 bits per heavy atom. The van der Waals surface area contributed by atoms with Crippen molar-refractivity contribution in [2.24, 2.45) is 0 Å². The molecule has 4 fully saturated rings. The van der Waals surface area contributed by atoms with E-state index in [1.165, 1.54) is 0 Å². The Morgan fingerprint density at radius 2 is 1.91 bits per heavy atom. The predicted octanol–water partition coefficient (Wildman–Crippen LogP) is 6.01. The monoisotopic (exact) mass is 600 g/mol. The number of rotatable bonds is 5. The SMILES string of the molecule is N#Cc1cc2c(N3CC4CCC(C3)N4)nc(OC[C@@]34CCCN3C[C@H](F)C4)nc2c(F)c1-c1cccc2cccc(Cl)c12. The second-order valence-corrected chi connectivity index (χ2v) is 12.9. The van der Waals surface area contributed by atoms with Crippen molar-refractivity contribution in [2.45, 2.75) is 55.9 Å². The first-order valence-corrected chi connectivity index (χ1v) is 15.4. The Morgan fingerprint density at radius 1 is 1.12 bits per heavy atom. The van der Waals surface area contributed by atoms with Crippen LogP contribution < -0.4 is 15.0 Å². The number of aromatic nitrogens is 2. The minimum Gasteiger partial charge on any atom is -0.461 e. The molecule has 4 atom stereocenters. The summed E-state index contributed by atoms with van der Waals surface area (Å²) in [5.41, 5.74) is 0.581. The predicted molar refractivity (Wildman–Crippen MR) is 163 cm³/mol. The maximum absolute atomic E-state index is 16.9. The van der Waals surface area contributed by atoms with Crippen molar-refractivity contribution in [3.8, 4) is 23.2 Å². The van der Waals surface area contributed by atoms with E-state index in [-0.39, 0.29) is 34.8 Å². The number of alkyl halides is 1. The van der Waals surface area contributed by atoms with Crippen molar-refractivity contribution in [1.82, 2.24) is 20.2 Å². The molecule has 2 bridgehead atoms. The summed E-state index contributed by atoms with van der Waals surface area (Å²) < 4.78 is 37.7. The van der Waals surface area contributed by atoms with E-state index >= 15 is 4.39 Å². The molecule has 0 saturated carbocycles. The number of nitrogens with zero attached hydrogens (tertiary/aromatic N) is 5. The van der Waals surface area contributed by atoms with E-state index in [2.05, 4.69) is 26.2 Å². The second-order valence-electron chi connectivity index (χ2n) is 12.5. The number of fused-ring (bicyclic) bond motifs is 5. The van der Waals surface area contributed by atoms with Gasteiger partial charge in [0.15, 0.2) is 5.82 Å². The van der Waals surface area contributed by atoms with Crippen LogP contribution in [0.4, 0.5) is 14.6 Å². The highest BCUT2D eigenvalue weighted by Gasteiger charge is 2.49. The molecular weight excluding hydrogens is 570 g/mol. The number of nitriles is 1. The first-order chi connectivity index (χ1) is 20.9. The van der Waals surface area contributed by atoms with E-state index in [1.54, 1.807) is 18.2 Å². The average molecular weight is 601 g/mol. The zero-order chi connectivity index (χ0) is 29.3. The Kier molecular flexibility index (Phi) is 6.44. The van der Waals surface area contributed by atoms with Crippen LogP contribution in [0.3, 0.4) is 0 Å². The Balaban J connectivity index is 1.29. The standard InChI is InChI=1S/C33H31ClF2N6O/c34-26-7-2-5-19-4-1-6-24(27(19)26)28-20(14-37)12-25-30(29(28)36)39-32(40-31(25)41-16-22-8-9-23(17-41)38-22)43-18-33-10-3-11-42(33)15-21(35)13-33/h1-2,4-7,12,21-23,38H,3,8-11,13,15-18H2/t21-,22?,23?,33+/m1/s1. The zero-order valence-corrected chi connectivity index (χ0v) is 24.4. The highest BCUT2D eigenvalue weighted by molar-refractivity contribution is 6.36. The summed E-state index contributed by atoms with van der Waals surface area (Å²) in [6, 6.07) is 15.7. The largest absolute Gasteiger partial charge is 0.461 e. The van der Waals surface area contributed by atoms with Crippen LogP contribution in [0.1, 0.15) is 37.7 Å². The van der Waals surface area contributed by atoms with Gasteiger partial charge in [-0.1, -0.05) is 41.9 Å². The van der Waals surface area contributed by atoms with Crippen molar-refractivity contribution in [1.29, 1.82) is 5.26 Å². The summed E-state index contributed by atoms with van der Waals surface area (Å²) >= 11 is 6.63. The molecule has 10 heteroatoms. The van der Waals surface area contributed by atoms with Crippen molar-refractivity contribution in [3.63, 3.8) is 0 Å². The number of piperazine rings is 1. The van der Waals surface area contributed by atoms with Gasteiger partial charge in [0, 0.05) is 59.5 Å². The molecule has 0 radical (unpaired) electrons. The molecule has 2 unspecified atom stereocenters. The number of hydrogen-bond acceptors (Lipinski definition) is 7. The molecule has 4 aliphatic rings. The van der Waals surface area contributed by atoms with Crippen LogP contribution in [0.15, 0.2) is 42.5 Å². The number of halogens is 3. The number of ether oxygens (including phenoxy) is 1. The quantitative estimate of drug-likeness (QED) is 0.301. The van der Waals surface area contributed by atoms with Gasteiger partial charge in [-0.2, -0.15) is 15.2 Å². The molecule has 8 rings (SSSR count). The van der Waals surface area contributed by atoms with Gasteiger partial charge in [-0.15, -0.1) is 0 Å². The van der Waals surface area contributed by atoms with Crippen molar-refractivity contribution in [3.05, 3.63) is 58.9 Å². The van der Waals surface area contributed by atoms with Crippen molar-refractivity contribution >= 4 is 39.1 Å². The van der Waals surface area contributed by atoms with Gasteiger partial charge < -0.3 is 15.0 Å². The fraction of sp³-hybridized carbons (Fsp3) is 0.424. The van der Waals surface area contributed by atoms with Gasteiger partial charge in [0.05, 0.1) is 17.2 Å². The Bertz CT molecular complexity index is 1800. The molecule has 5 heterocycles. The van der Waals surface area contributed by atoms with Gasteiger partial charge in [-0.05, 0) is 55.3 Å². The zero-order valence-electron chi connectivity index (χ0n) is 23.6. The van der Waals surface area contributed by atoms with Gasteiger partial charge in [0.1, 0.15) is 24.1 Å². The van der Waals surface area contributed by atoms with E-state index in [9.17, 15) is 9.65 Å². The highest BCUT2D eigenvalue weighted by Crippen LogP contribution is 2.43. The Hall–Kier alpha value is -3.58. The lowest BCUT2D eigenvalue weighted by molar-refractivity contribution is 0.107. The molecule has 0 amide bonds. The fourth-order valence-electron chi connectivity index (χ4n) is 7.97. The van der Waals surface area contributed by atoms with E-state index < -0.39 is 12.0 Å². The number of nitrogens with one attached hydrogen (secondary N) is 1. The summed E-state index contributed by atoms with van der Waals surface area (Å²) in [5, 5.41) is 16.4. The van der Waals surface area contributed by atoms with Crippen LogP contribution in [0.5, 0.6) is 6.01 Å². The lowest BCUT2D eigenvalue weighted by Gasteiger charge is -2.34. The van der Waals surface area contributed by atoms with E-state index in [4.69, 9.17) is 21.3 Å². The molecule has 1 N–H and O–H groups in total. The van der Waals surface area contributed by atoms with Gasteiger partial charge in [-0.25, -0.2) is 8.78 Å². The minimum atomic E-state index is -0.884. The first-order valence-electron chi connectivity index (χ1n) is 15.1. The maximum Gasteiger partial charge on any atom is 0.319 e. The van der Waals surface area contributed by atoms with Crippen LogP contribution in [-0.2, 0) is 0 Å². The summed E-state index contributed by atoms with van der Waals surface area (Å²) in [5.74, 6) is -0.0507. The van der Waals surface area contributed by atoms with E-state index in [1.807, 2.05) is 24.3 Å². The van der Waals surface area contributed by atoms with Crippen LogP contribution >= 0.6 is 11.6 Å². The lowest BCUT2D eigenvalue weighted by atomic mass is 9.93. The van der Waals surface area contributed by atoms with Crippen LogP contribution in [0.2, 0.25) is 5.02 Å². The number of hydrogen-bond donors (Lipinski definition) is 1. The fourth-order valence-corrected chi connectivity index (χ4v) is 8.25. The topological polar surface area (TPSA) is 77.3 Å². The van der Waals surface area contributed by atoms with Gasteiger partial charge in [0.25, 0.3) is 0 Å². The summed E-state index contributed by atoms with van der Waals surface area (Å²) in [6.07, 6.45) is 3.51. The van der Waals surface area contributed by atoms with E-state index in [0.29, 0.717) is 65.3 Å². The number of anilines is 1. The average Bonchev–Trinajstić information content (AvgIpc) is 3.65. The third-order valence-electron chi connectivity index (χ3n) is 9.88. The number of benzene rings is 3. The maximum atomic E-state index is 16.9. The van der Waals surface area contributed by atoms with Crippen LogP contribution in [0, 0.1) is 17.1 Å². The highest BCUT2D eigenvalue weighted by atomic mass is 35.5. The molecule has 7 nitrogen and oxygen atoms in total. The van der Waals surface area contributed by atoms with E-state index in [0.717, 1.165) is 37.6 Å². The molecular formula is C33H31ClF2N6O. The summed E-state index contributed by atoms with van der Waals surface area (Å²) in [7, 11) is 0. The Labute approximate surface area is 253 Å². The van der Waals surface area contributed by atoms with Crippen molar-refractivity contribution < 1.29 is 13.5 Å². The molecule has 43 heavy (non-hydrogen) atoms. The van der Waals surface area contributed by atoms with Crippen molar-refractivity contribution in [2.75, 3.05) is 37.7 Å². The normalized spacial score (nSPS) is 26.7. The van der Waals surface area contributed by atoms with Gasteiger partial charge >= 0.3 is 6.01 Å². The minimum absolute atomic E-state index is 0.0717. The molecule has 3 aromatic carbocycles. The molecule has 4 saturated heterocycles. The molecule has 0 spiro atoms. The van der Waals surface area contributed by atoms with Crippen LogP contribution in [0.25, 0.3) is 32.8 Å². The smallest absolute Gasteiger partial charge is 0.319 e. The third kappa shape index (κ3) is 4.42. The van der Waals surface area contributed by atoms with Crippen LogP contribution in [-0.4, -0.2) is 71.4 Å². The summed E-state index contributed by atoms with van der Waals surface area (Å²) in [4.78, 5) is 13.8. The molecule has 220 valence electrons. The lowest BCUT2D eigenvalue weighted by Crippen LogP contribution is -2.51. The first kappa shape index (κ1) is 27.0. The van der Waals surface area contributed by atoms with Gasteiger partial charge in [0.2, 0.25) is 0 Å². The molecule has 4 aliphatic heterocycles. The third-order valence-corrected chi connectivity index (χ3v) is 10.2. The van der Waals surface area contributed by atoms with Gasteiger partial charge in [-0.3, -0.25) is 4.90 Å². The molecule has 4 aromatic rings. The molecule has 1 aromatic heterocycles. The summed E-state index contributed by atoms with van der Waals surface area (Å²) in [6.45, 7) is 2.94.